The number of fused-ring (bicyclic) bond motifs is 1. The van der Waals surface area contributed by atoms with Gasteiger partial charge in [-0.05, 0) is 6.92 Å². The Labute approximate surface area is 68.9 Å². The summed E-state index contributed by atoms with van der Waals surface area (Å²) < 4.78 is 8.37. The Kier molecular flexibility index (Phi) is 1.40. The Morgan fingerprint density at radius 1 is 1.60 bits per heavy atom. The maximum Gasteiger partial charge on any atom is 0.160 e. The van der Waals surface area contributed by atoms with Crippen molar-refractivity contribution in [2.45, 2.75) is 6.92 Å². The molecule has 1 aliphatic heterocycles. The number of allylic oxidation sites excluding steroid dienone is 1. The highest BCUT2D eigenvalue weighted by Gasteiger charge is 2.03. The first-order valence-electron chi connectivity index (χ1n) is 2.93. The van der Waals surface area contributed by atoms with E-state index in [0.717, 1.165) is 5.82 Å². The van der Waals surface area contributed by atoms with Gasteiger partial charge in [0.05, 0.1) is 6.20 Å². The van der Waals surface area contributed by atoms with E-state index in [1.807, 2.05) is 10.7 Å². The van der Waals surface area contributed by atoms with Crippen LogP contribution < -0.4 is 0 Å². The van der Waals surface area contributed by atoms with Crippen LogP contribution in [0.5, 0.6) is 0 Å². The van der Waals surface area contributed by atoms with Crippen molar-refractivity contribution in [1.82, 2.24) is 9.78 Å². The average Bonchev–Trinajstić information content (AvgIpc) is 2.36. The second kappa shape index (κ2) is 2.26. The van der Waals surface area contributed by atoms with Gasteiger partial charge >= 0.3 is 0 Å². The van der Waals surface area contributed by atoms with Crippen molar-refractivity contribution in [3.63, 3.8) is 0 Å². The lowest BCUT2D eigenvalue weighted by atomic mass is 10.5. The molecule has 0 unspecified atom stereocenters. The maximum absolute atomic E-state index is 4.34. The first-order chi connectivity index (χ1) is 4.88. The van der Waals surface area contributed by atoms with Gasteiger partial charge in [0.25, 0.3) is 0 Å². The van der Waals surface area contributed by atoms with Crippen LogP contribution in [0.2, 0.25) is 0 Å². The van der Waals surface area contributed by atoms with Gasteiger partial charge in [0.2, 0.25) is 0 Å². The van der Waals surface area contributed by atoms with Crippen molar-refractivity contribution in [2.75, 3.05) is 0 Å². The summed E-state index contributed by atoms with van der Waals surface area (Å²) in [6.07, 6.45) is 1.78. The zero-order chi connectivity index (χ0) is 6.97. The molecule has 2 heterocycles. The quantitative estimate of drug-likeness (QED) is 0.648. The summed E-state index contributed by atoms with van der Waals surface area (Å²) >= 11 is -0.0863. The molecule has 0 bridgehead atoms. The van der Waals surface area contributed by atoms with Crippen molar-refractivity contribution >= 4 is 32.5 Å². The Morgan fingerprint density at radius 3 is 3.30 bits per heavy atom. The summed E-state index contributed by atoms with van der Waals surface area (Å²) in [7, 11) is 0. The molecule has 10 heavy (non-hydrogen) atoms. The molecule has 0 saturated carbocycles. The van der Waals surface area contributed by atoms with Crippen LogP contribution in [0.3, 0.4) is 0 Å². The van der Waals surface area contributed by atoms with Crippen molar-refractivity contribution in [2.24, 2.45) is 3.15 Å². The maximum atomic E-state index is 4.34. The molecular formula is C6H6IN3. The van der Waals surface area contributed by atoms with E-state index in [4.69, 9.17) is 0 Å². The molecule has 1 aliphatic rings. The number of nitrogens with zero attached hydrogens (tertiary/aromatic N) is 3. The van der Waals surface area contributed by atoms with Gasteiger partial charge in [-0.1, -0.05) is 0 Å². The minimum atomic E-state index is -0.0863. The smallest absolute Gasteiger partial charge is 0.160 e. The van der Waals surface area contributed by atoms with E-state index in [1.54, 1.807) is 6.20 Å². The molecule has 1 aromatic rings. The second-order valence-electron chi connectivity index (χ2n) is 2.03. The van der Waals surface area contributed by atoms with E-state index in [2.05, 4.69) is 19.3 Å². The molecule has 2 rings (SSSR count). The van der Waals surface area contributed by atoms with E-state index in [0.29, 0.717) is 0 Å². The van der Waals surface area contributed by atoms with Gasteiger partial charge in [-0.3, -0.25) is 0 Å². The highest BCUT2D eigenvalue weighted by atomic mass is 127. The van der Waals surface area contributed by atoms with E-state index in [9.17, 15) is 0 Å². The molecule has 0 aromatic carbocycles. The highest BCUT2D eigenvalue weighted by Crippen LogP contribution is 2.27. The third kappa shape index (κ3) is 0.828. The van der Waals surface area contributed by atoms with Gasteiger partial charge in [-0.25, -0.2) is 7.83 Å². The number of halogens is 1. The highest BCUT2D eigenvalue weighted by molar-refractivity contribution is 14.2. The summed E-state index contributed by atoms with van der Waals surface area (Å²) in [6, 6.07) is 1.94. The standard InChI is InChI=1S/C6H6IN3/c1-5-4-7-9-6-2-3-8-10(5)6/h2-4H,1H3. The third-order valence-electron chi connectivity index (χ3n) is 1.30. The number of hydrogen-bond acceptors (Lipinski definition) is 2. The van der Waals surface area contributed by atoms with Gasteiger partial charge in [-0.2, -0.15) is 5.10 Å². The second-order valence-corrected chi connectivity index (χ2v) is 3.70. The zero-order valence-corrected chi connectivity index (χ0v) is 7.61. The third-order valence-corrected chi connectivity index (χ3v) is 3.25. The van der Waals surface area contributed by atoms with Crippen LogP contribution in [0, 0.1) is 0 Å². The molecule has 0 aliphatic carbocycles. The Bertz CT molecular complexity index is 311. The van der Waals surface area contributed by atoms with E-state index < -0.39 is 0 Å². The van der Waals surface area contributed by atoms with Crippen molar-refractivity contribution in [1.29, 1.82) is 0 Å². The molecule has 0 saturated heterocycles. The molecule has 1 aromatic heterocycles. The number of rotatable bonds is 0. The van der Waals surface area contributed by atoms with Gasteiger partial charge in [0.15, 0.2) is 5.82 Å². The van der Waals surface area contributed by atoms with E-state index in [-0.39, 0.29) is 21.0 Å². The molecule has 0 radical (unpaired) electrons. The number of aromatic nitrogens is 2. The summed E-state index contributed by atoms with van der Waals surface area (Å²) in [4.78, 5) is 0. The monoisotopic (exact) mass is 247 g/mol. The van der Waals surface area contributed by atoms with Gasteiger partial charge < -0.3 is 0 Å². The van der Waals surface area contributed by atoms with Crippen molar-refractivity contribution in [3.8, 4) is 0 Å². The van der Waals surface area contributed by atoms with Crippen LogP contribution in [-0.2, 0) is 0 Å². The Hall–Kier alpha value is -0.520. The largest absolute Gasteiger partial charge is 0.219 e. The fourth-order valence-corrected chi connectivity index (χ4v) is 2.28. The van der Waals surface area contributed by atoms with E-state index >= 15 is 0 Å². The zero-order valence-electron chi connectivity index (χ0n) is 5.45. The van der Waals surface area contributed by atoms with Crippen LogP contribution >= 0.6 is 21.0 Å². The molecule has 0 fully saturated rings. The fraction of sp³-hybridized carbons (Fsp3) is 0.167. The number of hydrogen-bond donors (Lipinski definition) is 0. The molecule has 3 nitrogen and oxygen atoms in total. The van der Waals surface area contributed by atoms with Crippen LogP contribution in [0.4, 0.5) is 5.82 Å². The Morgan fingerprint density at radius 2 is 2.50 bits per heavy atom. The summed E-state index contributed by atoms with van der Waals surface area (Å²) in [5.74, 6) is 1.01. The van der Waals surface area contributed by atoms with Gasteiger partial charge in [0, 0.05) is 36.9 Å². The van der Waals surface area contributed by atoms with Crippen LogP contribution in [-0.4, -0.2) is 9.78 Å². The average molecular weight is 247 g/mol. The normalized spacial score (nSPS) is 15.5. The Balaban J connectivity index is 2.67. The van der Waals surface area contributed by atoms with Gasteiger partial charge in [-0.15, -0.1) is 0 Å². The minimum Gasteiger partial charge on any atom is -0.219 e. The van der Waals surface area contributed by atoms with Gasteiger partial charge in [0.1, 0.15) is 0 Å². The summed E-state index contributed by atoms with van der Waals surface area (Å²) in [5.41, 5.74) is 1.21. The molecular weight excluding hydrogens is 241 g/mol. The van der Waals surface area contributed by atoms with E-state index in [1.165, 1.54) is 5.70 Å². The molecule has 52 valence electrons. The molecule has 0 N–H and O–H groups in total. The molecule has 4 heteroatoms. The van der Waals surface area contributed by atoms with Crippen molar-refractivity contribution in [3.05, 3.63) is 16.3 Å². The predicted octanol–water partition coefficient (Wildman–Crippen LogP) is 2.50. The lowest BCUT2D eigenvalue weighted by molar-refractivity contribution is 0.899. The predicted molar refractivity (Wildman–Crippen MR) is 48.3 cm³/mol. The van der Waals surface area contributed by atoms with Crippen molar-refractivity contribution < 1.29 is 0 Å². The minimum absolute atomic E-state index is 0.0863. The topological polar surface area (TPSA) is 30.2 Å². The lowest BCUT2D eigenvalue weighted by Crippen LogP contribution is -1.94. The SMILES string of the molecule is CC1=CI=Nc2ccnn21. The fourth-order valence-electron chi connectivity index (χ4n) is 0.823. The van der Waals surface area contributed by atoms with Crippen LogP contribution in [0.25, 0.3) is 5.70 Å². The first kappa shape index (κ1) is 6.21. The molecule has 0 spiro atoms. The lowest BCUT2D eigenvalue weighted by Gasteiger charge is -2.04. The summed E-state index contributed by atoms with van der Waals surface area (Å²) in [5, 5.41) is 4.11. The van der Waals surface area contributed by atoms with Crippen LogP contribution in [0.1, 0.15) is 6.92 Å². The first-order valence-corrected chi connectivity index (χ1v) is 5.14. The molecule has 0 atom stereocenters. The molecule has 0 amide bonds. The summed E-state index contributed by atoms with van der Waals surface area (Å²) in [6.45, 7) is 2.06. The van der Waals surface area contributed by atoms with Crippen LogP contribution in [0.15, 0.2) is 19.5 Å².